The first-order chi connectivity index (χ1) is 8.56. The zero-order chi connectivity index (χ0) is 13.1. The summed E-state index contributed by atoms with van der Waals surface area (Å²) in [7, 11) is 0. The van der Waals surface area contributed by atoms with Crippen LogP contribution in [-0.2, 0) is 6.54 Å². The van der Waals surface area contributed by atoms with Crippen molar-refractivity contribution in [3.8, 4) is 0 Å². The summed E-state index contributed by atoms with van der Waals surface area (Å²) in [6, 6.07) is 11.6. The molecule has 1 nitrogen and oxygen atoms in total. The van der Waals surface area contributed by atoms with Gasteiger partial charge in [-0.05, 0) is 80.8 Å². The molecule has 2 aromatic rings. The minimum Gasteiger partial charge on any atom is -0.381 e. The average molecular weight is 420 g/mol. The summed E-state index contributed by atoms with van der Waals surface area (Å²) in [5, 5.41) is 3.25. The lowest BCUT2D eigenvalue weighted by Crippen LogP contribution is -2.01. The van der Waals surface area contributed by atoms with Crippen LogP contribution in [-0.4, -0.2) is 0 Å². The molecule has 0 saturated carbocycles. The van der Waals surface area contributed by atoms with E-state index in [0.29, 0.717) is 11.0 Å². The predicted octanol–water partition coefficient (Wildman–Crippen LogP) is 5.11. The number of aryl methyl sites for hydroxylation is 1. The second kappa shape index (κ2) is 6.02. The standard InChI is InChI=1S/C14H12BrFIN/c1-9-6-12(15)13(16)7-14(9)18-8-10-2-4-11(17)5-3-10/h2-7,18H,8H2,1H3. The van der Waals surface area contributed by atoms with Crippen LogP contribution in [0, 0.1) is 16.3 Å². The van der Waals surface area contributed by atoms with Gasteiger partial charge in [-0.15, -0.1) is 0 Å². The van der Waals surface area contributed by atoms with Gasteiger partial charge in [-0.3, -0.25) is 0 Å². The molecule has 0 amide bonds. The first-order valence-electron chi connectivity index (χ1n) is 5.50. The van der Waals surface area contributed by atoms with Crippen LogP contribution < -0.4 is 5.32 Å². The van der Waals surface area contributed by atoms with Gasteiger partial charge in [0.15, 0.2) is 0 Å². The van der Waals surface area contributed by atoms with Crippen LogP contribution in [0.1, 0.15) is 11.1 Å². The molecule has 0 radical (unpaired) electrons. The fourth-order valence-corrected chi connectivity index (χ4v) is 2.45. The Bertz CT molecular complexity index is 554. The third kappa shape index (κ3) is 3.45. The molecule has 0 bridgehead atoms. The lowest BCUT2D eigenvalue weighted by molar-refractivity contribution is 0.621. The van der Waals surface area contributed by atoms with E-state index >= 15 is 0 Å². The van der Waals surface area contributed by atoms with Crippen molar-refractivity contribution < 1.29 is 4.39 Å². The van der Waals surface area contributed by atoms with Crippen LogP contribution in [0.3, 0.4) is 0 Å². The predicted molar refractivity (Wildman–Crippen MR) is 85.3 cm³/mol. The zero-order valence-electron chi connectivity index (χ0n) is 9.81. The minimum absolute atomic E-state index is 0.245. The lowest BCUT2D eigenvalue weighted by Gasteiger charge is -2.10. The van der Waals surface area contributed by atoms with Crippen LogP contribution in [0.25, 0.3) is 0 Å². The number of hydrogen-bond acceptors (Lipinski definition) is 1. The number of benzene rings is 2. The molecular weight excluding hydrogens is 408 g/mol. The van der Waals surface area contributed by atoms with Crippen LogP contribution in [0.2, 0.25) is 0 Å². The molecule has 0 saturated heterocycles. The summed E-state index contributed by atoms with van der Waals surface area (Å²) in [5.74, 6) is -0.245. The van der Waals surface area contributed by atoms with E-state index < -0.39 is 0 Å². The molecule has 2 rings (SSSR count). The Morgan fingerprint density at radius 2 is 1.89 bits per heavy atom. The highest BCUT2D eigenvalue weighted by atomic mass is 127. The molecular formula is C14H12BrFIN. The Hall–Kier alpha value is -0.620. The molecule has 4 heteroatoms. The average Bonchev–Trinajstić information content (AvgIpc) is 2.34. The highest BCUT2D eigenvalue weighted by Crippen LogP contribution is 2.24. The van der Waals surface area contributed by atoms with Crippen molar-refractivity contribution in [2.24, 2.45) is 0 Å². The smallest absolute Gasteiger partial charge is 0.139 e. The Morgan fingerprint density at radius 1 is 1.22 bits per heavy atom. The quantitative estimate of drug-likeness (QED) is 0.681. The van der Waals surface area contributed by atoms with Crippen molar-refractivity contribution in [1.82, 2.24) is 0 Å². The maximum absolute atomic E-state index is 13.5. The topological polar surface area (TPSA) is 12.0 Å². The van der Waals surface area contributed by atoms with Gasteiger partial charge in [0.05, 0.1) is 4.47 Å². The van der Waals surface area contributed by atoms with Crippen LogP contribution in [0.4, 0.5) is 10.1 Å². The first kappa shape index (κ1) is 13.8. The molecule has 1 N–H and O–H groups in total. The Balaban J connectivity index is 2.10. The van der Waals surface area contributed by atoms with Gasteiger partial charge >= 0.3 is 0 Å². The Kier molecular flexibility index (Phi) is 4.61. The van der Waals surface area contributed by atoms with E-state index in [9.17, 15) is 4.39 Å². The van der Waals surface area contributed by atoms with Crippen molar-refractivity contribution >= 4 is 44.2 Å². The Morgan fingerprint density at radius 3 is 2.56 bits per heavy atom. The monoisotopic (exact) mass is 419 g/mol. The van der Waals surface area contributed by atoms with Crippen molar-refractivity contribution in [3.63, 3.8) is 0 Å². The first-order valence-corrected chi connectivity index (χ1v) is 7.37. The van der Waals surface area contributed by atoms with Crippen molar-refractivity contribution in [2.45, 2.75) is 13.5 Å². The van der Waals surface area contributed by atoms with Gasteiger partial charge < -0.3 is 5.32 Å². The van der Waals surface area contributed by atoms with Crippen molar-refractivity contribution in [3.05, 3.63) is 61.4 Å². The molecule has 94 valence electrons. The van der Waals surface area contributed by atoms with E-state index in [2.05, 4.69) is 68.1 Å². The number of nitrogens with one attached hydrogen (secondary N) is 1. The fourth-order valence-electron chi connectivity index (χ4n) is 1.64. The second-order valence-corrected chi connectivity index (χ2v) is 6.16. The molecule has 0 heterocycles. The molecule has 0 spiro atoms. The van der Waals surface area contributed by atoms with Gasteiger partial charge in [0.2, 0.25) is 0 Å². The number of anilines is 1. The third-order valence-electron chi connectivity index (χ3n) is 2.66. The van der Waals surface area contributed by atoms with Crippen molar-refractivity contribution in [1.29, 1.82) is 0 Å². The summed E-state index contributed by atoms with van der Waals surface area (Å²) < 4.78 is 15.2. The fraction of sp³-hybridized carbons (Fsp3) is 0.143. The highest BCUT2D eigenvalue weighted by molar-refractivity contribution is 14.1. The largest absolute Gasteiger partial charge is 0.381 e. The third-order valence-corrected chi connectivity index (χ3v) is 3.99. The molecule has 0 atom stereocenters. The van der Waals surface area contributed by atoms with Crippen molar-refractivity contribution in [2.75, 3.05) is 5.32 Å². The number of halogens is 3. The summed E-state index contributed by atoms with van der Waals surface area (Å²) in [6.07, 6.45) is 0. The SMILES string of the molecule is Cc1cc(Br)c(F)cc1NCc1ccc(I)cc1. The van der Waals surface area contributed by atoms with E-state index in [1.807, 2.05) is 6.92 Å². The van der Waals surface area contributed by atoms with Crippen LogP contribution in [0.15, 0.2) is 40.9 Å². The van der Waals surface area contributed by atoms with E-state index in [-0.39, 0.29) is 5.82 Å². The van der Waals surface area contributed by atoms with E-state index in [4.69, 9.17) is 0 Å². The number of hydrogen-bond donors (Lipinski definition) is 1. The second-order valence-electron chi connectivity index (χ2n) is 4.06. The summed E-state index contributed by atoms with van der Waals surface area (Å²) >= 11 is 5.46. The maximum atomic E-state index is 13.5. The summed E-state index contributed by atoms with van der Waals surface area (Å²) in [5.41, 5.74) is 3.03. The summed E-state index contributed by atoms with van der Waals surface area (Å²) in [6.45, 7) is 2.65. The molecule has 0 unspecified atom stereocenters. The minimum atomic E-state index is -0.245. The number of rotatable bonds is 3. The molecule has 18 heavy (non-hydrogen) atoms. The maximum Gasteiger partial charge on any atom is 0.139 e. The normalized spacial score (nSPS) is 10.4. The van der Waals surface area contributed by atoms with Gasteiger partial charge in [-0.25, -0.2) is 4.39 Å². The zero-order valence-corrected chi connectivity index (χ0v) is 13.5. The van der Waals surface area contributed by atoms with Gasteiger partial charge in [0.1, 0.15) is 5.82 Å². The summed E-state index contributed by atoms with van der Waals surface area (Å²) in [4.78, 5) is 0. The molecule has 2 aromatic carbocycles. The van der Waals surface area contributed by atoms with E-state index in [0.717, 1.165) is 11.3 Å². The lowest BCUT2D eigenvalue weighted by atomic mass is 10.1. The van der Waals surface area contributed by atoms with Gasteiger partial charge in [0, 0.05) is 15.8 Å². The molecule has 0 aliphatic carbocycles. The molecule has 0 aromatic heterocycles. The molecule has 0 fully saturated rings. The highest BCUT2D eigenvalue weighted by Gasteiger charge is 2.04. The van der Waals surface area contributed by atoms with Crippen LogP contribution >= 0.6 is 38.5 Å². The van der Waals surface area contributed by atoms with Gasteiger partial charge in [0.25, 0.3) is 0 Å². The Labute approximate surface area is 128 Å². The molecule has 0 aliphatic heterocycles. The van der Waals surface area contributed by atoms with Crippen LogP contribution in [0.5, 0.6) is 0 Å². The van der Waals surface area contributed by atoms with Gasteiger partial charge in [-0.2, -0.15) is 0 Å². The molecule has 0 aliphatic rings. The van der Waals surface area contributed by atoms with Gasteiger partial charge in [-0.1, -0.05) is 12.1 Å². The van der Waals surface area contributed by atoms with E-state index in [1.54, 1.807) is 6.07 Å². The van der Waals surface area contributed by atoms with E-state index in [1.165, 1.54) is 15.2 Å².